The maximum atomic E-state index is 12.6. The molecule has 20 heavy (non-hydrogen) atoms. The summed E-state index contributed by atoms with van der Waals surface area (Å²) < 4.78 is 37.8. The van der Waals surface area contributed by atoms with Crippen molar-refractivity contribution in [1.29, 1.82) is 0 Å². The molecule has 2 amide bonds. The first-order chi connectivity index (χ1) is 9.20. The van der Waals surface area contributed by atoms with Crippen molar-refractivity contribution in [2.75, 3.05) is 17.6 Å². The van der Waals surface area contributed by atoms with Crippen LogP contribution < -0.4 is 5.32 Å². The summed E-state index contributed by atoms with van der Waals surface area (Å²) in [5.74, 6) is 0.822. The Balaban J connectivity index is 2.13. The highest BCUT2D eigenvalue weighted by atomic mass is 32.2. The average molecular weight is 304 g/mol. The average Bonchev–Trinajstić information content (AvgIpc) is 2.68. The van der Waals surface area contributed by atoms with Gasteiger partial charge in [0.05, 0.1) is 10.4 Å². The Morgan fingerprint density at radius 2 is 2.10 bits per heavy atom. The van der Waals surface area contributed by atoms with E-state index in [2.05, 4.69) is 5.32 Å². The number of carbonyl (C=O) groups is 1. The molecular formula is C13H15F3N2OS. The standard InChI is InChI=1S/C13H15F3N2OS/c1-12(2)18(6-7-20-12)11(19)17-10-5-3-4-9(8-10)13(14,15)16/h3-5,8H,6-7H2,1-2H3,(H,17,19). The molecule has 3 nitrogen and oxygen atoms in total. The van der Waals surface area contributed by atoms with Crippen molar-refractivity contribution in [3.8, 4) is 0 Å². The third-order valence-electron chi connectivity index (χ3n) is 3.11. The van der Waals surface area contributed by atoms with E-state index in [-0.39, 0.29) is 16.6 Å². The number of benzene rings is 1. The van der Waals surface area contributed by atoms with Gasteiger partial charge in [-0.25, -0.2) is 4.79 Å². The molecule has 1 aromatic carbocycles. The minimum atomic E-state index is -4.41. The van der Waals surface area contributed by atoms with Crippen LogP contribution in [0.5, 0.6) is 0 Å². The number of nitrogens with zero attached hydrogens (tertiary/aromatic N) is 1. The SMILES string of the molecule is CC1(C)SCCN1C(=O)Nc1cccc(C(F)(F)F)c1. The van der Waals surface area contributed by atoms with E-state index in [0.29, 0.717) is 6.54 Å². The summed E-state index contributed by atoms with van der Waals surface area (Å²) in [6, 6.07) is 4.27. The maximum Gasteiger partial charge on any atom is 0.416 e. The van der Waals surface area contributed by atoms with Gasteiger partial charge in [-0.2, -0.15) is 13.2 Å². The molecule has 0 aliphatic carbocycles. The minimum Gasteiger partial charge on any atom is -0.310 e. The molecule has 1 aliphatic rings. The molecule has 1 heterocycles. The predicted octanol–water partition coefficient (Wildman–Crippen LogP) is 4.02. The molecule has 0 saturated carbocycles. The summed E-state index contributed by atoms with van der Waals surface area (Å²) in [7, 11) is 0. The maximum absolute atomic E-state index is 12.6. The first-order valence-corrected chi connectivity index (χ1v) is 7.08. The number of carbonyl (C=O) groups excluding carboxylic acids is 1. The molecule has 0 atom stereocenters. The fraction of sp³-hybridized carbons (Fsp3) is 0.462. The highest BCUT2D eigenvalue weighted by Gasteiger charge is 2.36. The summed E-state index contributed by atoms with van der Waals surface area (Å²) in [6.45, 7) is 4.41. The van der Waals surface area contributed by atoms with Crippen molar-refractivity contribution in [2.45, 2.75) is 24.9 Å². The van der Waals surface area contributed by atoms with E-state index < -0.39 is 11.7 Å². The van der Waals surface area contributed by atoms with Crippen LogP contribution in [0, 0.1) is 0 Å². The smallest absolute Gasteiger partial charge is 0.310 e. The Hall–Kier alpha value is -1.37. The fourth-order valence-electron chi connectivity index (χ4n) is 2.04. The largest absolute Gasteiger partial charge is 0.416 e. The first kappa shape index (κ1) is 15.0. The number of nitrogens with one attached hydrogen (secondary N) is 1. The Morgan fingerprint density at radius 3 is 2.65 bits per heavy atom. The van der Waals surface area contributed by atoms with Crippen LogP contribution in [0.15, 0.2) is 24.3 Å². The lowest BCUT2D eigenvalue weighted by Gasteiger charge is -2.30. The van der Waals surface area contributed by atoms with Crippen LogP contribution in [0.25, 0.3) is 0 Å². The van der Waals surface area contributed by atoms with Crippen LogP contribution in [0.4, 0.5) is 23.7 Å². The monoisotopic (exact) mass is 304 g/mol. The van der Waals surface area contributed by atoms with Gasteiger partial charge < -0.3 is 10.2 Å². The van der Waals surface area contributed by atoms with Gasteiger partial charge in [-0.3, -0.25) is 0 Å². The van der Waals surface area contributed by atoms with E-state index in [1.807, 2.05) is 13.8 Å². The lowest BCUT2D eigenvalue weighted by atomic mass is 10.2. The van der Waals surface area contributed by atoms with Crippen molar-refractivity contribution >= 4 is 23.5 Å². The third-order valence-corrected chi connectivity index (χ3v) is 4.42. The molecule has 1 fully saturated rings. The quantitative estimate of drug-likeness (QED) is 0.850. The third kappa shape index (κ3) is 3.20. The second-order valence-corrected chi connectivity index (χ2v) is 6.65. The number of urea groups is 1. The molecular weight excluding hydrogens is 289 g/mol. The number of hydrogen-bond donors (Lipinski definition) is 1. The Bertz CT molecular complexity index is 517. The van der Waals surface area contributed by atoms with Crippen molar-refractivity contribution in [1.82, 2.24) is 4.90 Å². The number of rotatable bonds is 1. The molecule has 0 unspecified atom stereocenters. The molecule has 0 radical (unpaired) electrons. The Labute approximate surface area is 119 Å². The topological polar surface area (TPSA) is 32.3 Å². The number of hydrogen-bond acceptors (Lipinski definition) is 2. The van der Waals surface area contributed by atoms with E-state index in [1.165, 1.54) is 12.1 Å². The van der Waals surface area contributed by atoms with Crippen LogP contribution in [0.2, 0.25) is 0 Å². The van der Waals surface area contributed by atoms with E-state index in [0.717, 1.165) is 17.9 Å². The van der Waals surface area contributed by atoms with Crippen molar-refractivity contribution in [2.24, 2.45) is 0 Å². The zero-order chi connectivity index (χ0) is 15.0. The minimum absolute atomic E-state index is 0.150. The first-order valence-electron chi connectivity index (χ1n) is 6.10. The molecule has 0 bridgehead atoms. The lowest BCUT2D eigenvalue weighted by Crippen LogP contribution is -2.43. The van der Waals surface area contributed by atoms with Gasteiger partial charge in [0.2, 0.25) is 0 Å². The molecule has 1 saturated heterocycles. The zero-order valence-corrected chi connectivity index (χ0v) is 11.9. The van der Waals surface area contributed by atoms with Gasteiger partial charge in [0, 0.05) is 18.0 Å². The predicted molar refractivity (Wildman–Crippen MR) is 73.7 cm³/mol. The van der Waals surface area contributed by atoms with E-state index in [9.17, 15) is 18.0 Å². The Kier molecular flexibility index (Phi) is 3.90. The van der Waals surface area contributed by atoms with Crippen molar-refractivity contribution in [3.63, 3.8) is 0 Å². The number of anilines is 1. The van der Waals surface area contributed by atoms with Crippen LogP contribution in [0.3, 0.4) is 0 Å². The second-order valence-electron chi connectivity index (χ2n) is 4.96. The number of alkyl halides is 3. The van der Waals surface area contributed by atoms with Crippen LogP contribution in [0.1, 0.15) is 19.4 Å². The number of thioether (sulfide) groups is 1. The summed E-state index contributed by atoms with van der Waals surface area (Å²) in [5.41, 5.74) is -0.622. The fourth-order valence-corrected chi connectivity index (χ4v) is 3.15. The van der Waals surface area contributed by atoms with Gasteiger partial charge in [-0.05, 0) is 32.0 Å². The summed E-state index contributed by atoms with van der Waals surface area (Å²) in [4.78, 5) is 13.4. The molecule has 7 heteroatoms. The molecule has 110 valence electrons. The van der Waals surface area contributed by atoms with Gasteiger partial charge in [0.1, 0.15) is 0 Å². The molecule has 1 aromatic rings. The molecule has 0 aromatic heterocycles. The van der Waals surface area contributed by atoms with Crippen LogP contribution in [-0.2, 0) is 6.18 Å². The van der Waals surface area contributed by atoms with Crippen molar-refractivity contribution < 1.29 is 18.0 Å². The lowest BCUT2D eigenvalue weighted by molar-refractivity contribution is -0.137. The summed E-state index contributed by atoms with van der Waals surface area (Å²) in [6.07, 6.45) is -4.41. The normalized spacial score (nSPS) is 18.1. The van der Waals surface area contributed by atoms with Gasteiger partial charge in [0.25, 0.3) is 0 Å². The van der Waals surface area contributed by atoms with E-state index in [4.69, 9.17) is 0 Å². The molecule has 0 spiro atoms. The molecule has 1 N–H and O–H groups in total. The number of amides is 2. The summed E-state index contributed by atoms with van der Waals surface area (Å²) in [5, 5.41) is 2.53. The van der Waals surface area contributed by atoms with Gasteiger partial charge in [0.15, 0.2) is 0 Å². The molecule has 2 rings (SSSR count). The van der Waals surface area contributed by atoms with E-state index >= 15 is 0 Å². The van der Waals surface area contributed by atoms with Gasteiger partial charge in [-0.15, -0.1) is 11.8 Å². The summed E-state index contributed by atoms with van der Waals surface area (Å²) >= 11 is 1.64. The van der Waals surface area contributed by atoms with E-state index in [1.54, 1.807) is 16.7 Å². The number of halogens is 3. The van der Waals surface area contributed by atoms with Crippen LogP contribution in [-0.4, -0.2) is 28.1 Å². The Morgan fingerprint density at radius 1 is 1.40 bits per heavy atom. The van der Waals surface area contributed by atoms with Gasteiger partial charge in [-0.1, -0.05) is 6.07 Å². The second kappa shape index (κ2) is 5.20. The zero-order valence-electron chi connectivity index (χ0n) is 11.1. The van der Waals surface area contributed by atoms with Gasteiger partial charge >= 0.3 is 12.2 Å². The highest BCUT2D eigenvalue weighted by molar-refractivity contribution is 8.00. The van der Waals surface area contributed by atoms with Crippen molar-refractivity contribution in [3.05, 3.63) is 29.8 Å². The van der Waals surface area contributed by atoms with Crippen LogP contribution >= 0.6 is 11.8 Å². The highest BCUT2D eigenvalue weighted by Crippen LogP contribution is 2.35. The molecule has 1 aliphatic heterocycles.